The minimum Gasteiger partial charge on any atom is -0.334 e. The van der Waals surface area contributed by atoms with E-state index in [1.54, 1.807) is 12.4 Å². The molecule has 0 bridgehead atoms. The van der Waals surface area contributed by atoms with Crippen molar-refractivity contribution in [2.75, 3.05) is 0 Å². The minimum absolute atomic E-state index is 0.527. The Bertz CT molecular complexity index is 815. The summed E-state index contributed by atoms with van der Waals surface area (Å²) in [5.41, 5.74) is 4.38. The molecule has 0 spiro atoms. The number of nitrogens with zero attached hydrogens (tertiary/aromatic N) is 3. The maximum atomic E-state index is 5.38. The van der Waals surface area contributed by atoms with Gasteiger partial charge in [0.1, 0.15) is 0 Å². The minimum atomic E-state index is 0.527. The Balaban J connectivity index is 1.71. The standard InChI is InChI=1S/C15H11BrN4O/c16-13-4-12(7-18-8-13)14-19-15(21-20-14)9-1-2-10-5-17-6-11(10)3-9/h1-4,7-8,17H,5-6H2. The fourth-order valence-electron chi connectivity index (χ4n) is 2.42. The molecule has 0 fully saturated rings. The number of halogens is 1. The van der Waals surface area contributed by atoms with Gasteiger partial charge in [-0.3, -0.25) is 4.98 Å². The van der Waals surface area contributed by atoms with E-state index in [0.717, 1.165) is 28.7 Å². The van der Waals surface area contributed by atoms with Crippen LogP contribution in [-0.2, 0) is 13.1 Å². The first-order chi connectivity index (χ1) is 10.3. The first-order valence-corrected chi connectivity index (χ1v) is 7.36. The van der Waals surface area contributed by atoms with E-state index in [1.807, 2.05) is 12.1 Å². The van der Waals surface area contributed by atoms with Crippen LogP contribution in [0, 0.1) is 0 Å². The average molecular weight is 343 g/mol. The summed E-state index contributed by atoms with van der Waals surface area (Å²) in [6.07, 6.45) is 3.43. The van der Waals surface area contributed by atoms with Gasteiger partial charge in [-0.2, -0.15) is 4.98 Å². The number of pyridine rings is 1. The molecule has 5 nitrogen and oxygen atoms in total. The van der Waals surface area contributed by atoms with E-state index in [1.165, 1.54) is 11.1 Å². The number of fused-ring (bicyclic) bond motifs is 1. The molecule has 0 atom stereocenters. The van der Waals surface area contributed by atoms with Crippen molar-refractivity contribution in [2.45, 2.75) is 13.1 Å². The van der Waals surface area contributed by atoms with Crippen LogP contribution in [0.4, 0.5) is 0 Å². The highest BCUT2D eigenvalue weighted by molar-refractivity contribution is 9.10. The van der Waals surface area contributed by atoms with Gasteiger partial charge in [-0.05, 0) is 45.3 Å². The summed E-state index contributed by atoms with van der Waals surface area (Å²) in [5, 5.41) is 7.36. The first kappa shape index (κ1) is 12.7. The molecule has 1 N–H and O–H groups in total. The normalized spacial score (nSPS) is 13.4. The quantitative estimate of drug-likeness (QED) is 0.774. The Kier molecular flexibility index (Phi) is 3.05. The number of benzene rings is 1. The van der Waals surface area contributed by atoms with Gasteiger partial charge in [-0.1, -0.05) is 11.2 Å². The Hall–Kier alpha value is -2.05. The predicted octanol–water partition coefficient (Wildman–Crippen LogP) is 3.16. The summed E-state index contributed by atoms with van der Waals surface area (Å²) in [7, 11) is 0. The van der Waals surface area contributed by atoms with Crippen molar-refractivity contribution in [2.24, 2.45) is 0 Å². The van der Waals surface area contributed by atoms with Gasteiger partial charge in [-0.15, -0.1) is 0 Å². The maximum Gasteiger partial charge on any atom is 0.258 e. The summed E-state index contributed by atoms with van der Waals surface area (Å²) in [6, 6.07) is 8.14. The fourth-order valence-corrected chi connectivity index (χ4v) is 2.78. The SMILES string of the molecule is Brc1cncc(-c2noc(-c3ccc4c(c3)CNC4)n2)c1. The van der Waals surface area contributed by atoms with Crippen molar-refractivity contribution in [1.29, 1.82) is 0 Å². The molecule has 4 rings (SSSR count). The molecule has 2 aromatic heterocycles. The second-order valence-corrected chi connectivity index (χ2v) is 5.82. The Morgan fingerprint density at radius 1 is 1.05 bits per heavy atom. The van der Waals surface area contributed by atoms with E-state index in [-0.39, 0.29) is 0 Å². The molecule has 3 heterocycles. The lowest BCUT2D eigenvalue weighted by Gasteiger charge is -1.99. The van der Waals surface area contributed by atoms with E-state index in [2.05, 4.69) is 48.5 Å². The zero-order chi connectivity index (χ0) is 14.2. The van der Waals surface area contributed by atoms with Crippen LogP contribution in [0.25, 0.3) is 22.8 Å². The molecular weight excluding hydrogens is 332 g/mol. The second kappa shape index (κ2) is 5.05. The first-order valence-electron chi connectivity index (χ1n) is 6.57. The molecular formula is C15H11BrN4O. The lowest BCUT2D eigenvalue weighted by molar-refractivity contribution is 0.432. The third kappa shape index (κ3) is 2.36. The van der Waals surface area contributed by atoms with Crippen LogP contribution in [0.3, 0.4) is 0 Å². The molecule has 3 aromatic rings. The number of hydrogen-bond acceptors (Lipinski definition) is 5. The predicted molar refractivity (Wildman–Crippen MR) is 81.2 cm³/mol. The van der Waals surface area contributed by atoms with Gasteiger partial charge < -0.3 is 9.84 Å². The monoisotopic (exact) mass is 342 g/mol. The zero-order valence-corrected chi connectivity index (χ0v) is 12.6. The van der Waals surface area contributed by atoms with Crippen LogP contribution in [-0.4, -0.2) is 15.1 Å². The molecule has 1 aliphatic rings. The molecule has 1 aromatic carbocycles. The van der Waals surface area contributed by atoms with E-state index in [4.69, 9.17) is 4.52 Å². The molecule has 6 heteroatoms. The molecule has 0 amide bonds. The lowest BCUT2D eigenvalue weighted by Crippen LogP contribution is -1.99. The molecule has 1 aliphatic heterocycles. The van der Waals surface area contributed by atoms with Gasteiger partial charge in [0, 0.05) is 41.1 Å². The van der Waals surface area contributed by atoms with Crippen molar-refractivity contribution in [1.82, 2.24) is 20.4 Å². The summed E-state index contributed by atoms with van der Waals surface area (Å²) >= 11 is 3.39. The zero-order valence-electron chi connectivity index (χ0n) is 11.0. The molecule has 0 unspecified atom stereocenters. The maximum absolute atomic E-state index is 5.38. The van der Waals surface area contributed by atoms with E-state index in [0.29, 0.717) is 11.7 Å². The molecule has 0 saturated heterocycles. The van der Waals surface area contributed by atoms with Gasteiger partial charge >= 0.3 is 0 Å². The second-order valence-electron chi connectivity index (χ2n) is 4.90. The fraction of sp³-hybridized carbons (Fsp3) is 0.133. The molecule has 21 heavy (non-hydrogen) atoms. The number of aromatic nitrogens is 3. The third-order valence-corrected chi connectivity index (χ3v) is 3.91. The summed E-state index contributed by atoms with van der Waals surface area (Å²) in [5.74, 6) is 1.07. The van der Waals surface area contributed by atoms with Crippen molar-refractivity contribution in [3.63, 3.8) is 0 Å². The lowest BCUT2D eigenvalue weighted by atomic mass is 10.1. The number of rotatable bonds is 2. The van der Waals surface area contributed by atoms with Gasteiger partial charge in [-0.25, -0.2) is 0 Å². The molecule has 104 valence electrons. The van der Waals surface area contributed by atoms with Crippen LogP contribution < -0.4 is 5.32 Å². The highest BCUT2D eigenvalue weighted by Gasteiger charge is 2.15. The highest BCUT2D eigenvalue weighted by Crippen LogP contribution is 2.26. The van der Waals surface area contributed by atoms with Crippen LogP contribution in [0.2, 0.25) is 0 Å². The van der Waals surface area contributed by atoms with E-state index >= 15 is 0 Å². The van der Waals surface area contributed by atoms with Crippen molar-refractivity contribution in [3.8, 4) is 22.8 Å². The summed E-state index contributed by atoms with van der Waals surface area (Å²) in [4.78, 5) is 8.57. The Morgan fingerprint density at radius 2 is 1.95 bits per heavy atom. The molecule has 0 radical (unpaired) electrons. The third-order valence-electron chi connectivity index (χ3n) is 3.47. The van der Waals surface area contributed by atoms with Crippen molar-refractivity contribution in [3.05, 3.63) is 52.3 Å². The number of hydrogen-bond donors (Lipinski definition) is 1. The van der Waals surface area contributed by atoms with Crippen LogP contribution >= 0.6 is 15.9 Å². The van der Waals surface area contributed by atoms with Gasteiger partial charge in [0.05, 0.1) is 0 Å². The van der Waals surface area contributed by atoms with Crippen LogP contribution in [0.1, 0.15) is 11.1 Å². The van der Waals surface area contributed by atoms with Crippen LogP contribution in [0.15, 0.2) is 45.7 Å². The Morgan fingerprint density at radius 3 is 2.86 bits per heavy atom. The number of nitrogens with one attached hydrogen (secondary N) is 1. The summed E-state index contributed by atoms with van der Waals surface area (Å²) in [6.45, 7) is 1.81. The molecule has 0 aliphatic carbocycles. The average Bonchev–Trinajstić information content (AvgIpc) is 3.15. The van der Waals surface area contributed by atoms with E-state index in [9.17, 15) is 0 Å². The van der Waals surface area contributed by atoms with Crippen molar-refractivity contribution < 1.29 is 4.52 Å². The highest BCUT2D eigenvalue weighted by atomic mass is 79.9. The van der Waals surface area contributed by atoms with Gasteiger partial charge in [0.15, 0.2) is 0 Å². The molecule has 0 saturated carbocycles. The van der Waals surface area contributed by atoms with Crippen LogP contribution in [0.5, 0.6) is 0 Å². The Labute approximate surface area is 129 Å². The van der Waals surface area contributed by atoms with E-state index < -0.39 is 0 Å². The van der Waals surface area contributed by atoms with Gasteiger partial charge in [0.25, 0.3) is 5.89 Å². The van der Waals surface area contributed by atoms with Crippen molar-refractivity contribution >= 4 is 15.9 Å². The van der Waals surface area contributed by atoms with Gasteiger partial charge in [0.2, 0.25) is 5.82 Å². The largest absolute Gasteiger partial charge is 0.334 e. The summed E-state index contributed by atoms with van der Waals surface area (Å²) < 4.78 is 6.26. The topological polar surface area (TPSA) is 63.8 Å². The smallest absolute Gasteiger partial charge is 0.258 e.